The van der Waals surface area contributed by atoms with Gasteiger partial charge in [-0.1, -0.05) is 11.3 Å². The summed E-state index contributed by atoms with van der Waals surface area (Å²) < 4.78 is 7.02. The van der Waals surface area contributed by atoms with E-state index in [1.807, 2.05) is 0 Å². The van der Waals surface area contributed by atoms with Crippen molar-refractivity contribution < 1.29 is 9.53 Å². The molecule has 0 aromatic carbocycles. The van der Waals surface area contributed by atoms with Gasteiger partial charge in [0.25, 0.3) is 0 Å². The number of hydrogen-bond donors (Lipinski definition) is 1. The Morgan fingerprint density at radius 3 is 3.25 bits per heavy atom. The molecule has 1 fully saturated rings. The van der Waals surface area contributed by atoms with Crippen molar-refractivity contribution in [1.29, 1.82) is 0 Å². The molecule has 1 aliphatic rings. The molecule has 9 nitrogen and oxygen atoms in total. The van der Waals surface area contributed by atoms with Crippen molar-refractivity contribution in [3.63, 3.8) is 0 Å². The third-order valence-electron chi connectivity index (χ3n) is 2.85. The number of amides is 1. The maximum absolute atomic E-state index is 11.8. The van der Waals surface area contributed by atoms with Gasteiger partial charge in [-0.05, 0) is 23.3 Å². The molecule has 10 heteroatoms. The van der Waals surface area contributed by atoms with E-state index in [1.54, 1.807) is 0 Å². The van der Waals surface area contributed by atoms with Crippen molar-refractivity contribution >= 4 is 22.4 Å². The molecule has 106 valence electrons. The van der Waals surface area contributed by atoms with E-state index in [0.717, 1.165) is 24.5 Å². The van der Waals surface area contributed by atoms with Gasteiger partial charge in [-0.15, -0.1) is 15.3 Å². The highest BCUT2D eigenvalue weighted by Crippen LogP contribution is 2.31. The molecule has 0 radical (unpaired) electrons. The summed E-state index contributed by atoms with van der Waals surface area (Å²) >= 11 is 1.36. The Labute approximate surface area is 118 Å². The standard InChI is InChI=1S/C10H13N7O2S/c18-8(3-4-17-6-11-15-16-17)12-10-14-13-9(20-10)7-2-1-5-19-7/h6-7H,1-5H2,(H,12,14,18)/t7-/m1/s1. The Balaban J connectivity index is 1.50. The lowest BCUT2D eigenvalue weighted by Crippen LogP contribution is -2.14. The first-order valence-electron chi connectivity index (χ1n) is 6.27. The van der Waals surface area contributed by atoms with Gasteiger partial charge in [0, 0.05) is 13.0 Å². The van der Waals surface area contributed by atoms with Crippen molar-refractivity contribution in [1.82, 2.24) is 30.4 Å². The van der Waals surface area contributed by atoms with E-state index >= 15 is 0 Å². The second-order valence-corrected chi connectivity index (χ2v) is 5.33. The normalized spacial score (nSPS) is 18.3. The molecule has 2 aromatic heterocycles. The van der Waals surface area contributed by atoms with Crippen molar-refractivity contribution in [2.45, 2.75) is 31.9 Å². The molecule has 2 aromatic rings. The number of hydrogen-bond acceptors (Lipinski definition) is 8. The number of nitrogens with one attached hydrogen (secondary N) is 1. The third kappa shape index (κ3) is 3.14. The first kappa shape index (κ1) is 13.1. The molecular formula is C10H13N7O2S. The number of tetrazole rings is 1. The minimum absolute atomic E-state index is 0.0272. The second kappa shape index (κ2) is 6.01. The lowest BCUT2D eigenvalue weighted by atomic mass is 10.2. The van der Waals surface area contributed by atoms with Gasteiger partial charge >= 0.3 is 0 Å². The zero-order chi connectivity index (χ0) is 13.8. The smallest absolute Gasteiger partial charge is 0.228 e. The zero-order valence-electron chi connectivity index (χ0n) is 10.6. The highest BCUT2D eigenvalue weighted by Gasteiger charge is 2.22. The van der Waals surface area contributed by atoms with E-state index in [0.29, 0.717) is 11.7 Å². The zero-order valence-corrected chi connectivity index (χ0v) is 11.4. The fraction of sp³-hybridized carbons (Fsp3) is 0.600. The number of carbonyl (C=O) groups is 1. The first-order chi connectivity index (χ1) is 9.81. The first-order valence-corrected chi connectivity index (χ1v) is 7.08. The molecule has 0 saturated carbocycles. The fourth-order valence-electron chi connectivity index (χ4n) is 1.87. The largest absolute Gasteiger partial charge is 0.371 e. The van der Waals surface area contributed by atoms with Crippen LogP contribution >= 0.6 is 11.3 Å². The van der Waals surface area contributed by atoms with Gasteiger partial charge < -0.3 is 10.1 Å². The average Bonchev–Trinajstić information content (AvgIpc) is 3.18. The predicted octanol–water partition coefficient (Wildman–Crippen LogP) is 0.405. The lowest BCUT2D eigenvalue weighted by molar-refractivity contribution is -0.116. The van der Waals surface area contributed by atoms with Crippen LogP contribution in [0.25, 0.3) is 0 Å². The molecule has 1 atom stereocenters. The van der Waals surface area contributed by atoms with Crippen LogP contribution in [0.5, 0.6) is 0 Å². The Morgan fingerprint density at radius 2 is 2.50 bits per heavy atom. The molecule has 0 bridgehead atoms. The monoisotopic (exact) mass is 295 g/mol. The number of aryl methyl sites for hydroxylation is 1. The Bertz CT molecular complexity index is 564. The van der Waals surface area contributed by atoms with Crippen LogP contribution in [0.2, 0.25) is 0 Å². The van der Waals surface area contributed by atoms with Crippen LogP contribution in [-0.2, 0) is 16.1 Å². The van der Waals surface area contributed by atoms with E-state index in [4.69, 9.17) is 4.74 Å². The van der Waals surface area contributed by atoms with Gasteiger partial charge in [0.1, 0.15) is 17.4 Å². The van der Waals surface area contributed by atoms with Gasteiger partial charge in [0.2, 0.25) is 11.0 Å². The van der Waals surface area contributed by atoms with Crippen LogP contribution in [0.4, 0.5) is 5.13 Å². The molecule has 0 unspecified atom stereocenters. The van der Waals surface area contributed by atoms with Crippen LogP contribution in [0, 0.1) is 0 Å². The number of aromatic nitrogens is 6. The molecule has 3 heterocycles. The quantitative estimate of drug-likeness (QED) is 0.850. The molecule has 3 rings (SSSR count). The summed E-state index contributed by atoms with van der Waals surface area (Å²) in [5.41, 5.74) is 0. The van der Waals surface area contributed by atoms with E-state index in [-0.39, 0.29) is 18.4 Å². The Kier molecular flexibility index (Phi) is 3.92. The van der Waals surface area contributed by atoms with Crippen LogP contribution in [0.15, 0.2) is 6.33 Å². The molecule has 1 aliphatic heterocycles. The van der Waals surface area contributed by atoms with E-state index in [2.05, 4.69) is 31.0 Å². The summed E-state index contributed by atoms with van der Waals surface area (Å²) in [5, 5.41) is 22.7. The van der Waals surface area contributed by atoms with Gasteiger partial charge in [-0.3, -0.25) is 4.79 Å². The van der Waals surface area contributed by atoms with Crippen LogP contribution in [0.3, 0.4) is 0 Å². The SMILES string of the molecule is O=C(CCn1cnnn1)Nc1nnc([C@H]2CCCO2)s1. The number of nitrogens with zero attached hydrogens (tertiary/aromatic N) is 6. The minimum atomic E-state index is -0.143. The number of anilines is 1. The molecule has 1 amide bonds. The van der Waals surface area contributed by atoms with Gasteiger partial charge in [0.15, 0.2) is 0 Å². The summed E-state index contributed by atoms with van der Waals surface area (Å²) in [4.78, 5) is 11.8. The highest BCUT2D eigenvalue weighted by molar-refractivity contribution is 7.15. The Hall–Kier alpha value is -1.94. The van der Waals surface area contributed by atoms with Crippen LogP contribution in [0.1, 0.15) is 30.4 Å². The third-order valence-corrected chi connectivity index (χ3v) is 3.78. The molecule has 1 saturated heterocycles. The van der Waals surface area contributed by atoms with E-state index < -0.39 is 0 Å². The second-order valence-electron chi connectivity index (χ2n) is 4.32. The maximum Gasteiger partial charge on any atom is 0.228 e. The molecule has 20 heavy (non-hydrogen) atoms. The lowest BCUT2D eigenvalue weighted by Gasteiger charge is -2.02. The minimum Gasteiger partial charge on any atom is -0.371 e. The summed E-state index contributed by atoms with van der Waals surface area (Å²) in [7, 11) is 0. The van der Waals surface area contributed by atoms with Gasteiger partial charge in [-0.25, -0.2) is 4.68 Å². The van der Waals surface area contributed by atoms with Gasteiger partial charge in [0.05, 0.1) is 6.54 Å². The van der Waals surface area contributed by atoms with Crippen LogP contribution < -0.4 is 5.32 Å². The molecule has 0 spiro atoms. The Morgan fingerprint density at radius 1 is 1.55 bits per heavy atom. The van der Waals surface area contributed by atoms with E-state index in [9.17, 15) is 4.79 Å². The maximum atomic E-state index is 11.8. The summed E-state index contributed by atoms with van der Waals surface area (Å²) in [6.45, 7) is 1.19. The fourth-order valence-corrected chi connectivity index (χ4v) is 2.71. The average molecular weight is 295 g/mol. The molecule has 0 aliphatic carbocycles. The highest BCUT2D eigenvalue weighted by atomic mass is 32.1. The summed E-state index contributed by atoms with van der Waals surface area (Å²) in [6, 6.07) is 0. The van der Waals surface area contributed by atoms with Crippen LogP contribution in [-0.4, -0.2) is 42.9 Å². The topological polar surface area (TPSA) is 108 Å². The molecule has 1 N–H and O–H groups in total. The van der Waals surface area contributed by atoms with Crippen molar-refractivity contribution in [2.75, 3.05) is 11.9 Å². The van der Waals surface area contributed by atoms with E-state index in [1.165, 1.54) is 22.3 Å². The number of ether oxygens (including phenoxy) is 1. The van der Waals surface area contributed by atoms with Gasteiger partial charge in [-0.2, -0.15) is 0 Å². The van der Waals surface area contributed by atoms with Crippen molar-refractivity contribution in [2.24, 2.45) is 0 Å². The predicted molar refractivity (Wildman–Crippen MR) is 68.9 cm³/mol. The summed E-state index contributed by atoms with van der Waals surface area (Å²) in [6.07, 6.45) is 3.77. The van der Waals surface area contributed by atoms with Crippen molar-refractivity contribution in [3.8, 4) is 0 Å². The summed E-state index contributed by atoms with van der Waals surface area (Å²) in [5.74, 6) is -0.143. The number of carbonyl (C=O) groups excluding carboxylic acids is 1. The molecular weight excluding hydrogens is 282 g/mol. The number of rotatable bonds is 5. The van der Waals surface area contributed by atoms with Crippen molar-refractivity contribution in [3.05, 3.63) is 11.3 Å².